The number of carbonyl (C=O) groups is 1. The lowest BCUT2D eigenvalue weighted by Gasteiger charge is -2.34. The maximum absolute atomic E-state index is 13.9. The predicted molar refractivity (Wildman–Crippen MR) is 100 cm³/mol. The number of halogens is 1. The van der Waals surface area contributed by atoms with Crippen LogP contribution < -0.4 is 5.32 Å². The summed E-state index contributed by atoms with van der Waals surface area (Å²) in [4.78, 5) is 14.8. The summed E-state index contributed by atoms with van der Waals surface area (Å²) < 4.78 is 19.6. The normalized spacial score (nSPS) is 15.2. The van der Waals surface area contributed by atoms with Crippen LogP contribution in [-0.2, 0) is 11.2 Å². The Morgan fingerprint density at radius 3 is 2.73 bits per heavy atom. The van der Waals surface area contributed by atoms with Crippen molar-refractivity contribution < 1.29 is 13.6 Å². The van der Waals surface area contributed by atoms with Crippen LogP contribution in [0.2, 0.25) is 0 Å². The van der Waals surface area contributed by atoms with Gasteiger partial charge in [-0.3, -0.25) is 4.79 Å². The van der Waals surface area contributed by atoms with E-state index >= 15 is 0 Å². The van der Waals surface area contributed by atoms with E-state index in [2.05, 4.69) is 12.2 Å². The number of aryl methyl sites for hydroxylation is 1. The monoisotopic (exact) mass is 358 g/mol. The van der Waals surface area contributed by atoms with Crippen LogP contribution in [0.25, 0.3) is 11.3 Å². The minimum atomic E-state index is -0.301. The molecule has 3 rings (SSSR count). The zero-order valence-electron chi connectivity index (χ0n) is 15.3. The van der Waals surface area contributed by atoms with Crippen molar-refractivity contribution in [3.63, 3.8) is 0 Å². The zero-order valence-corrected chi connectivity index (χ0v) is 15.3. The lowest BCUT2D eigenvalue weighted by Crippen LogP contribution is -2.46. The molecule has 1 fully saturated rings. The van der Waals surface area contributed by atoms with Crippen molar-refractivity contribution in [2.75, 3.05) is 19.6 Å². The fourth-order valence-corrected chi connectivity index (χ4v) is 3.56. The first-order chi connectivity index (χ1) is 12.7. The Bertz CT molecular complexity index is 722. The van der Waals surface area contributed by atoms with Gasteiger partial charge in [0.2, 0.25) is 5.91 Å². The average molecular weight is 358 g/mol. The molecule has 0 bridgehead atoms. The topological polar surface area (TPSA) is 45.5 Å². The van der Waals surface area contributed by atoms with Crippen LogP contribution in [0.15, 0.2) is 40.8 Å². The van der Waals surface area contributed by atoms with Gasteiger partial charge in [0.1, 0.15) is 17.3 Å². The van der Waals surface area contributed by atoms with Gasteiger partial charge in [-0.05, 0) is 56.6 Å². The zero-order chi connectivity index (χ0) is 18.4. The van der Waals surface area contributed by atoms with Crippen LogP contribution in [0.4, 0.5) is 4.39 Å². The number of carbonyl (C=O) groups excluding carboxylic acids is 1. The van der Waals surface area contributed by atoms with Crippen LogP contribution >= 0.6 is 0 Å². The average Bonchev–Trinajstić information content (AvgIpc) is 3.14. The molecule has 26 heavy (non-hydrogen) atoms. The van der Waals surface area contributed by atoms with Gasteiger partial charge in [0.05, 0.1) is 5.56 Å². The minimum absolute atomic E-state index is 0.183. The third-order valence-electron chi connectivity index (χ3n) is 4.92. The first-order valence-corrected chi connectivity index (χ1v) is 9.53. The molecule has 1 amide bonds. The molecule has 1 aromatic carbocycles. The number of nitrogens with zero attached hydrogens (tertiary/aromatic N) is 1. The van der Waals surface area contributed by atoms with Crippen molar-refractivity contribution in [2.24, 2.45) is 0 Å². The van der Waals surface area contributed by atoms with Crippen molar-refractivity contribution in [3.05, 3.63) is 48.0 Å². The van der Waals surface area contributed by atoms with Crippen molar-refractivity contribution in [1.29, 1.82) is 0 Å². The van der Waals surface area contributed by atoms with Crippen LogP contribution in [0.1, 0.15) is 38.4 Å². The van der Waals surface area contributed by atoms with E-state index < -0.39 is 0 Å². The molecule has 4 nitrogen and oxygen atoms in total. The van der Waals surface area contributed by atoms with Gasteiger partial charge in [0, 0.05) is 25.4 Å². The molecule has 1 N–H and O–H groups in total. The second kappa shape index (κ2) is 8.99. The standard InChI is InChI=1S/C21H27FN2O2/c1-2-15-24(16-11-13-23-14-12-16)21(25)10-8-17-7-9-20(26-17)18-5-3-4-6-19(18)22/h3-7,9,16,23H,2,8,10-15H2,1H3. The van der Waals surface area contributed by atoms with Crippen LogP contribution in [0.5, 0.6) is 0 Å². The molecule has 1 aliphatic rings. The van der Waals surface area contributed by atoms with Gasteiger partial charge in [-0.2, -0.15) is 0 Å². The predicted octanol–water partition coefficient (Wildman–Crippen LogP) is 4.01. The number of piperidine rings is 1. The molecule has 0 aliphatic carbocycles. The number of benzene rings is 1. The largest absolute Gasteiger partial charge is 0.461 e. The third-order valence-corrected chi connectivity index (χ3v) is 4.92. The second-order valence-corrected chi connectivity index (χ2v) is 6.81. The maximum atomic E-state index is 13.9. The van der Waals surface area contributed by atoms with Gasteiger partial charge in [-0.25, -0.2) is 4.39 Å². The van der Waals surface area contributed by atoms with Gasteiger partial charge in [-0.1, -0.05) is 19.1 Å². The molecule has 0 saturated carbocycles. The Morgan fingerprint density at radius 2 is 2.00 bits per heavy atom. The summed E-state index contributed by atoms with van der Waals surface area (Å²) in [5.41, 5.74) is 0.451. The van der Waals surface area contributed by atoms with E-state index in [-0.39, 0.29) is 11.7 Å². The van der Waals surface area contributed by atoms with E-state index in [0.29, 0.717) is 30.2 Å². The smallest absolute Gasteiger partial charge is 0.223 e. The minimum Gasteiger partial charge on any atom is -0.461 e. The molecule has 0 atom stereocenters. The molecular weight excluding hydrogens is 331 g/mol. The Kier molecular flexibility index (Phi) is 6.45. The molecule has 0 spiro atoms. The highest BCUT2D eigenvalue weighted by molar-refractivity contribution is 5.76. The van der Waals surface area contributed by atoms with E-state index in [4.69, 9.17) is 4.42 Å². The summed E-state index contributed by atoms with van der Waals surface area (Å²) in [5.74, 6) is 1.11. The van der Waals surface area contributed by atoms with Gasteiger partial charge in [0.15, 0.2) is 0 Å². The van der Waals surface area contributed by atoms with E-state index in [1.807, 2.05) is 11.0 Å². The molecular formula is C21H27FN2O2. The van der Waals surface area contributed by atoms with Crippen molar-refractivity contribution in [1.82, 2.24) is 10.2 Å². The summed E-state index contributed by atoms with van der Waals surface area (Å²) in [7, 11) is 0. The van der Waals surface area contributed by atoms with E-state index in [9.17, 15) is 9.18 Å². The van der Waals surface area contributed by atoms with Gasteiger partial charge in [-0.15, -0.1) is 0 Å². The van der Waals surface area contributed by atoms with Gasteiger partial charge in [0.25, 0.3) is 0 Å². The molecule has 1 aromatic heterocycles. The van der Waals surface area contributed by atoms with Crippen molar-refractivity contribution >= 4 is 5.91 Å². The number of hydrogen-bond acceptors (Lipinski definition) is 3. The van der Waals surface area contributed by atoms with Crippen molar-refractivity contribution in [3.8, 4) is 11.3 Å². The van der Waals surface area contributed by atoms with E-state index in [0.717, 1.165) is 44.7 Å². The van der Waals surface area contributed by atoms with Crippen LogP contribution in [0, 0.1) is 5.82 Å². The fourth-order valence-electron chi connectivity index (χ4n) is 3.56. The van der Waals surface area contributed by atoms with Gasteiger partial charge >= 0.3 is 0 Å². The fraction of sp³-hybridized carbons (Fsp3) is 0.476. The number of nitrogens with one attached hydrogen (secondary N) is 1. The Labute approximate surface area is 154 Å². The quantitative estimate of drug-likeness (QED) is 0.813. The van der Waals surface area contributed by atoms with E-state index in [1.165, 1.54) is 6.07 Å². The molecule has 2 heterocycles. The van der Waals surface area contributed by atoms with Crippen LogP contribution in [-0.4, -0.2) is 36.5 Å². The molecule has 5 heteroatoms. The highest BCUT2D eigenvalue weighted by Gasteiger charge is 2.24. The van der Waals surface area contributed by atoms with Crippen LogP contribution in [0.3, 0.4) is 0 Å². The lowest BCUT2D eigenvalue weighted by atomic mass is 10.0. The Hall–Kier alpha value is -2.14. The maximum Gasteiger partial charge on any atom is 0.223 e. The highest BCUT2D eigenvalue weighted by atomic mass is 19.1. The number of rotatable bonds is 7. The first kappa shape index (κ1) is 18.6. The highest BCUT2D eigenvalue weighted by Crippen LogP contribution is 2.25. The first-order valence-electron chi connectivity index (χ1n) is 9.53. The third kappa shape index (κ3) is 4.52. The molecule has 0 radical (unpaired) electrons. The molecule has 2 aromatic rings. The number of amides is 1. The number of hydrogen-bond donors (Lipinski definition) is 1. The Morgan fingerprint density at radius 1 is 1.23 bits per heavy atom. The molecule has 140 valence electrons. The molecule has 1 aliphatic heterocycles. The molecule has 0 unspecified atom stereocenters. The summed E-state index contributed by atoms with van der Waals surface area (Å²) in [6.07, 6.45) is 3.97. The Balaban J connectivity index is 1.60. The summed E-state index contributed by atoms with van der Waals surface area (Å²) in [6.45, 7) is 4.86. The lowest BCUT2D eigenvalue weighted by molar-refractivity contribution is -0.134. The number of furan rings is 1. The second-order valence-electron chi connectivity index (χ2n) is 6.81. The summed E-state index contributed by atoms with van der Waals surface area (Å²) >= 11 is 0. The summed E-state index contributed by atoms with van der Waals surface area (Å²) in [6, 6.07) is 10.5. The van der Waals surface area contributed by atoms with E-state index in [1.54, 1.807) is 24.3 Å². The molecule has 1 saturated heterocycles. The summed E-state index contributed by atoms with van der Waals surface area (Å²) in [5, 5.41) is 3.35. The van der Waals surface area contributed by atoms with Gasteiger partial charge < -0.3 is 14.6 Å². The van der Waals surface area contributed by atoms with Crippen molar-refractivity contribution in [2.45, 2.75) is 45.1 Å². The SMILES string of the molecule is CCCN(C(=O)CCc1ccc(-c2ccccc2F)o1)C1CCNCC1.